The summed E-state index contributed by atoms with van der Waals surface area (Å²) in [5.41, 5.74) is 8.55. The Labute approximate surface area is 185 Å². The van der Waals surface area contributed by atoms with Crippen LogP contribution in [0.3, 0.4) is 0 Å². The van der Waals surface area contributed by atoms with Crippen molar-refractivity contribution in [2.45, 2.75) is 32.4 Å². The minimum atomic E-state index is -0.464. The summed E-state index contributed by atoms with van der Waals surface area (Å²) in [6, 6.07) is 17.5. The fourth-order valence-electron chi connectivity index (χ4n) is 3.88. The van der Waals surface area contributed by atoms with Crippen LogP contribution in [0, 0.1) is 0 Å². The lowest BCUT2D eigenvalue weighted by Gasteiger charge is -2.13. The third-order valence-electron chi connectivity index (χ3n) is 5.50. The number of rotatable bonds is 9. The van der Waals surface area contributed by atoms with E-state index in [0.717, 1.165) is 23.4 Å². The van der Waals surface area contributed by atoms with Crippen molar-refractivity contribution >= 4 is 16.9 Å². The maximum Gasteiger partial charge on any atom is 0.330 e. The zero-order valence-electron chi connectivity index (χ0n) is 18.1. The molecule has 32 heavy (non-hydrogen) atoms. The monoisotopic (exact) mass is 433 g/mol. The normalized spacial score (nSPS) is 11.3. The first-order chi connectivity index (χ1) is 15.6. The number of aromatic amines is 1. The van der Waals surface area contributed by atoms with E-state index in [1.54, 1.807) is 11.7 Å². The highest BCUT2D eigenvalue weighted by Crippen LogP contribution is 2.17. The smallest absolute Gasteiger partial charge is 0.330 e. The Morgan fingerprint density at radius 1 is 0.969 bits per heavy atom. The Morgan fingerprint density at radius 2 is 1.72 bits per heavy atom. The number of imidazole rings is 1. The molecule has 0 aliphatic heterocycles. The number of H-pyrrole nitrogens is 1. The van der Waals surface area contributed by atoms with Crippen molar-refractivity contribution in [3.05, 3.63) is 92.4 Å². The van der Waals surface area contributed by atoms with Gasteiger partial charge in [-0.3, -0.25) is 14.3 Å². The number of nitrogen functional groups attached to an aromatic ring is 1. The van der Waals surface area contributed by atoms with Crippen LogP contribution in [0.1, 0.15) is 23.4 Å². The lowest BCUT2D eigenvalue weighted by molar-refractivity contribution is 0.190. The number of fused-ring (bicyclic) bond motifs is 1. The highest BCUT2D eigenvalue weighted by atomic mass is 16.5. The molecule has 0 fully saturated rings. The second-order valence-corrected chi connectivity index (χ2v) is 7.76. The minimum absolute atomic E-state index is 0.283. The number of nitrogens with zero attached hydrogens (tertiary/aromatic N) is 3. The minimum Gasteiger partial charge on any atom is -0.399 e. The molecule has 3 N–H and O–H groups in total. The average Bonchev–Trinajstić information content (AvgIpc) is 3.14. The number of nitrogens with two attached hydrogens (primary N) is 1. The van der Waals surface area contributed by atoms with Gasteiger partial charge >= 0.3 is 5.69 Å². The van der Waals surface area contributed by atoms with Gasteiger partial charge in [-0.2, -0.15) is 0 Å². The molecule has 0 atom stereocenters. The van der Waals surface area contributed by atoms with Crippen LogP contribution >= 0.6 is 0 Å². The van der Waals surface area contributed by atoms with Gasteiger partial charge < -0.3 is 15.0 Å². The molecule has 0 unspecified atom stereocenters. The first-order valence-electron chi connectivity index (χ1n) is 10.7. The topological polar surface area (TPSA) is 108 Å². The molecule has 0 aliphatic carbocycles. The van der Waals surface area contributed by atoms with Crippen LogP contribution in [0.5, 0.6) is 0 Å². The van der Waals surface area contributed by atoms with E-state index >= 15 is 0 Å². The quantitative estimate of drug-likeness (QED) is 0.311. The zero-order valence-corrected chi connectivity index (χ0v) is 18.1. The number of methoxy groups -OCH3 is 1. The SMILES string of the molecule is COCCCn1c(Cc2ccccc2)nc2c(=O)[nH]c(=O)n(CCc3ccc(N)cc3)c21. The molecular weight excluding hydrogens is 406 g/mol. The number of ether oxygens (including phenoxy) is 1. The van der Waals surface area contributed by atoms with E-state index in [0.29, 0.717) is 43.9 Å². The molecule has 0 bridgehead atoms. The van der Waals surface area contributed by atoms with Crippen molar-refractivity contribution in [2.75, 3.05) is 19.5 Å². The lowest BCUT2D eigenvalue weighted by Crippen LogP contribution is -2.32. The van der Waals surface area contributed by atoms with Crippen LogP contribution in [0.4, 0.5) is 5.69 Å². The maximum absolute atomic E-state index is 12.8. The molecule has 0 spiro atoms. The van der Waals surface area contributed by atoms with E-state index < -0.39 is 11.2 Å². The first-order valence-corrected chi connectivity index (χ1v) is 10.7. The fraction of sp³-hybridized carbons (Fsp3) is 0.292. The van der Waals surface area contributed by atoms with Gasteiger partial charge in [0.05, 0.1) is 0 Å². The molecule has 0 saturated heterocycles. The van der Waals surface area contributed by atoms with Crippen LogP contribution in [0.15, 0.2) is 64.2 Å². The van der Waals surface area contributed by atoms with E-state index in [4.69, 9.17) is 10.5 Å². The Kier molecular flexibility index (Phi) is 6.51. The van der Waals surface area contributed by atoms with Crippen LogP contribution in [0.2, 0.25) is 0 Å². The number of nitrogens with one attached hydrogen (secondary N) is 1. The van der Waals surface area contributed by atoms with Gasteiger partial charge in [-0.05, 0) is 36.1 Å². The molecule has 2 aromatic carbocycles. The molecular formula is C24H27N5O3. The summed E-state index contributed by atoms with van der Waals surface area (Å²) in [6.45, 7) is 1.58. The molecule has 0 saturated carbocycles. The molecule has 0 radical (unpaired) electrons. The molecule has 8 nitrogen and oxygen atoms in total. The third kappa shape index (κ3) is 4.65. The van der Waals surface area contributed by atoms with Crippen LogP contribution in [-0.4, -0.2) is 32.8 Å². The van der Waals surface area contributed by atoms with Crippen molar-refractivity contribution in [1.29, 1.82) is 0 Å². The van der Waals surface area contributed by atoms with Gasteiger partial charge in [0.1, 0.15) is 11.5 Å². The van der Waals surface area contributed by atoms with E-state index in [2.05, 4.69) is 9.97 Å². The molecule has 8 heteroatoms. The Hall–Kier alpha value is -3.65. The highest BCUT2D eigenvalue weighted by molar-refractivity contribution is 5.71. The molecule has 0 amide bonds. The standard InChI is InChI=1S/C24H27N5O3/c1-32-15-5-13-28-20(16-18-6-3-2-4-7-18)26-21-22(30)27-24(31)29(23(21)28)14-12-17-8-10-19(25)11-9-17/h2-4,6-11H,5,12-16,25H2,1H3,(H,27,30,31). The number of hydrogen-bond acceptors (Lipinski definition) is 5. The van der Waals surface area contributed by atoms with Gasteiger partial charge in [0.2, 0.25) is 0 Å². The summed E-state index contributed by atoms with van der Waals surface area (Å²) < 4.78 is 8.82. The number of aryl methyl sites for hydroxylation is 3. The second-order valence-electron chi connectivity index (χ2n) is 7.76. The molecule has 166 valence electrons. The van der Waals surface area contributed by atoms with Crippen molar-refractivity contribution < 1.29 is 4.74 Å². The Morgan fingerprint density at radius 3 is 2.44 bits per heavy atom. The van der Waals surface area contributed by atoms with Gasteiger partial charge in [0.15, 0.2) is 5.52 Å². The molecule has 2 aromatic heterocycles. The molecule has 4 rings (SSSR count). The Balaban J connectivity index is 1.78. The first kappa shape index (κ1) is 21.6. The molecule has 4 aromatic rings. The van der Waals surface area contributed by atoms with Crippen LogP contribution in [0.25, 0.3) is 11.2 Å². The van der Waals surface area contributed by atoms with Crippen molar-refractivity contribution in [3.8, 4) is 0 Å². The van der Waals surface area contributed by atoms with E-state index in [1.165, 1.54) is 0 Å². The van der Waals surface area contributed by atoms with E-state index in [1.807, 2.05) is 59.2 Å². The summed E-state index contributed by atoms with van der Waals surface area (Å²) in [6.07, 6.45) is 1.93. The highest BCUT2D eigenvalue weighted by Gasteiger charge is 2.19. The Bertz CT molecular complexity index is 1300. The lowest BCUT2D eigenvalue weighted by atomic mass is 10.1. The maximum atomic E-state index is 12.8. The summed E-state index contributed by atoms with van der Waals surface area (Å²) in [4.78, 5) is 32.5. The largest absolute Gasteiger partial charge is 0.399 e. The summed E-state index contributed by atoms with van der Waals surface area (Å²) in [5.74, 6) is 0.750. The molecule has 2 heterocycles. The van der Waals surface area contributed by atoms with Crippen LogP contribution in [-0.2, 0) is 30.7 Å². The number of hydrogen-bond donors (Lipinski definition) is 2. The number of benzene rings is 2. The predicted octanol–water partition coefficient (Wildman–Crippen LogP) is 2.34. The van der Waals surface area contributed by atoms with E-state index in [-0.39, 0.29) is 5.52 Å². The second kappa shape index (κ2) is 9.65. The fourth-order valence-corrected chi connectivity index (χ4v) is 3.88. The number of aromatic nitrogens is 4. The van der Waals surface area contributed by atoms with E-state index in [9.17, 15) is 9.59 Å². The third-order valence-corrected chi connectivity index (χ3v) is 5.50. The van der Waals surface area contributed by atoms with Crippen molar-refractivity contribution in [3.63, 3.8) is 0 Å². The number of anilines is 1. The van der Waals surface area contributed by atoms with Gasteiger partial charge in [0.25, 0.3) is 5.56 Å². The predicted molar refractivity (Wildman–Crippen MR) is 125 cm³/mol. The summed E-state index contributed by atoms with van der Waals surface area (Å²) >= 11 is 0. The van der Waals surface area contributed by atoms with Crippen LogP contribution < -0.4 is 17.0 Å². The summed E-state index contributed by atoms with van der Waals surface area (Å²) in [7, 11) is 1.66. The van der Waals surface area contributed by atoms with Gasteiger partial charge in [-0.1, -0.05) is 42.5 Å². The van der Waals surface area contributed by atoms with Gasteiger partial charge in [-0.25, -0.2) is 9.78 Å². The average molecular weight is 434 g/mol. The van der Waals surface area contributed by atoms with Gasteiger partial charge in [0, 0.05) is 38.9 Å². The van der Waals surface area contributed by atoms with Gasteiger partial charge in [-0.15, -0.1) is 0 Å². The van der Waals surface area contributed by atoms with Crippen molar-refractivity contribution in [2.24, 2.45) is 0 Å². The molecule has 0 aliphatic rings. The summed E-state index contributed by atoms with van der Waals surface area (Å²) in [5, 5.41) is 0. The zero-order chi connectivity index (χ0) is 22.5. The van der Waals surface area contributed by atoms with Crippen molar-refractivity contribution in [1.82, 2.24) is 19.1 Å².